The number of nitrogens with one attached hydrogen (secondary N) is 1. The van der Waals surface area contributed by atoms with Crippen LogP contribution in [-0.4, -0.2) is 17.0 Å². The molecule has 0 aliphatic heterocycles. The van der Waals surface area contributed by atoms with E-state index in [1.54, 1.807) is 36.4 Å². The van der Waals surface area contributed by atoms with Gasteiger partial charge in [0.05, 0.1) is 11.1 Å². The molecule has 0 aliphatic rings. The Kier molecular flexibility index (Phi) is 5.70. The van der Waals surface area contributed by atoms with Crippen molar-refractivity contribution in [1.82, 2.24) is 5.43 Å². The SMILES string of the molecule is O=C(N/N=C/c1ccccc1OCc1ccc([N+](=O)[O-])cc1)c1cc2ccccc2o1. The number of carbonyl (C=O) groups is 1. The molecule has 4 aromatic rings. The molecular weight excluding hydrogens is 398 g/mol. The van der Waals surface area contributed by atoms with Gasteiger partial charge in [0, 0.05) is 23.1 Å². The van der Waals surface area contributed by atoms with E-state index in [4.69, 9.17) is 9.15 Å². The monoisotopic (exact) mass is 415 g/mol. The third-order valence-electron chi connectivity index (χ3n) is 4.48. The molecule has 0 radical (unpaired) electrons. The summed E-state index contributed by atoms with van der Waals surface area (Å²) in [5.74, 6) is 0.264. The van der Waals surface area contributed by atoms with Crippen LogP contribution in [-0.2, 0) is 6.61 Å². The zero-order chi connectivity index (χ0) is 21.6. The summed E-state index contributed by atoms with van der Waals surface area (Å²) in [6.07, 6.45) is 1.48. The number of nitrogens with zero attached hydrogens (tertiary/aromatic N) is 2. The molecule has 0 fully saturated rings. The van der Waals surface area contributed by atoms with Gasteiger partial charge in [0.2, 0.25) is 0 Å². The molecule has 1 aromatic heterocycles. The van der Waals surface area contributed by atoms with Crippen LogP contribution in [0.1, 0.15) is 21.7 Å². The molecule has 0 bridgehead atoms. The van der Waals surface area contributed by atoms with Crippen LogP contribution >= 0.6 is 0 Å². The quantitative estimate of drug-likeness (QED) is 0.268. The molecule has 0 saturated heterocycles. The molecule has 0 spiro atoms. The Hall–Kier alpha value is -4.46. The topological polar surface area (TPSA) is 107 Å². The summed E-state index contributed by atoms with van der Waals surface area (Å²) in [4.78, 5) is 22.6. The molecule has 8 nitrogen and oxygen atoms in total. The van der Waals surface area contributed by atoms with Gasteiger partial charge < -0.3 is 9.15 Å². The molecule has 0 unspecified atom stereocenters. The molecule has 1 N–H and O–H groups in total. The maximum atomic E-state index is 12.3. The van der Waals surface area contributed by atoms with Crippen LogP contribution in [0, 0.1) is 10.1 Å². The third kappa shape index (κ3) is 4.76. The van der Waals surface area contributed by atoms with E-state index < -0.39 is 10.8 Å². The highest BCUT2D eigenvalue weighted by Crippen LogP contribution is 2.20. The van der Waals surface area contributed by atoms with E-state index in [1.807, 2.05) is 30.3 Å². The maximum Gasteiger partial charge on any atom is 0.307 e. The molecule has 154 valence electrons. The number of nitro benzene ring substituents is 1. The van der Waals surface area contributed by atoms with Gasteiger partial charge in [0.15, 0.2) is 5.76 Å². The molecule has 8 heteroatoms. The Balaban J connectivity index is 1.40. The van der Waals surface area contributed by atoms with Gasteiger partial charge in [-0.3, -0.25) is 14.9 Å². The van der Waals surface area contributed by atoms with E-state index in [0.29, 0.717) is 16.9 Å². The maximum absolute atomic E-state index is 12.3. The fourth-order valence-corrected chi connectivity index (χ4v) is 2.90. The number of para-hydroxylation sites is 2. The number of hydrogen-bond donors (Lipinski definition) is 1. The van der Waals surface area contributed by atoms with Crippen molar-refractivity contribution in [1.29, 1.82) is 0 Å². The van der Waals surface area contributed by atoms with E-state index in [-0.39, 0.29) is 18.1 Å². The van der Waals surface area contributed by atoms with E-state index in [9.17, 15) is 14.9 Å². The number of ether oxygens (including phenoxy) is 1. The van der Waals surface area contributed by atoms with Gasteiger partial charge >= 0.3 is 5.91 Å². The first kappa shape index (κ1) is 19.8. The Morgan fingerprint density at radius 1 is 1.06 bits per heavy atom. The number of benzene rings is 3. The molecule has 4 rings (SSSR count). The lowest BCUT2D eigenvalue weighted by molar-refractivity contribution is -0.384. The number of hydrazone groups is 1. The zero-order valence-electron chi connectivity index (χ0n) is 16.2. The Morgan fingerprint density at radius 3 is 2.58 bits per heavy atom. The van der Waals surface area contributed by atoms with Crippen LogP contribution < -0.4 is 10.2 Å². The summed E-state index contributed by atoms with van der Waals surface area (Å²) in [6, 6.07) is 22.3. The molecule has 0 aliphatic carbocycles. The predicted octanol–water partition coefficient (Wildman–Crippen LogP) is 4.68. The first-order chi connectivity index (χ1) is 15.1. The second-order valence-electron chi connectivity index (χ2n) is 6.60. The average Bonchev–Trinajstić information content (AvgIpc) is 3.23. The van der Waals surface area contributed by atoms with Crippen LogP contribution in [0.5, 0.6) is 5.75 Å². The number of carbonyl (C=O) groups excluding carboxylic acids is 1. The van der Waals surface area contributed by atoms with E-state index in [1.165, 1.54) is 18.3 Å². The minimum Gasteiger partial charge on any atom is -0.488 e. The smallest absolute Gasteiger partial charge is 0.307 e. The van der Waals surface area contributed by atoms with Crippen LogP contribution in [0.15, 0.2) is 88.4 Å². The number of nitro groups is 1. The van der Waals surface area contributed by atoms with Gasteiger partial charge in [-0.2, -0.15) is 5.10 Å². The number of hydrogen-bond acceptors (Lipinski definition) is 6. The Bertz CT molecular complexity index is 1230. The lowest BCUT2D eigenvalue weighted by atomic mass is 10.2. The van der Waals surface area contributed by atoms with E-state index in [0.717, 1.165) is 10.9 Å². The van der Waals surface area contributed by atoms with Gasteiger partial charge in [0.1, 0.15) is 17.9 Å². The van der Waals surface area contributed by atoms with E-state index in [2.05, 4.69) is 10.5 Å². The lowest BCUT2D eigenvalue weighted by Crippen LogP contribution is -2.16. The van der Waals surface area contributed by atoms with Crippen molar-refractivity contribution in [3.63, 3.8) is 0 Å². The lowest BCUT2D eigenvalue weighted by Gasteiger charge is -2.09. The second-order valence-corrected chi connectivity index (χ2v) is 6.60. The van der Waals surface area contributed by atoms with Crippen molar-refractivity contribution in [2.24, 2.45) is 5.10 Å². The molecule has 3 aromatic carbocycles. The normalized spacial score (nSPS) is 11.0. The van der Waals surface area contributed by atoms with Crippen molar-refractivity contribution in [2.45, 2.75) is 6.61 Å². The van der Waals surface area contributed by atoms with Gasteiger partial charge in [-0.1, -0.05) is 30.3 Å². The highest BCUT2D eigenvalue weighted by atomic mass is 16.6. The van der Waals surface area contributed by atoms with Crippen LogP contribution in [0.25, 0.3) is 11.0 Å². The summed E-state index contributed by atoms with van der Waals surface area (Å²) in [5, 5.41) is 15.6. The highest BCUT2D eigenvalue weighted by molar-refractivity contribution is 5.96. The fourth-order valence-electron chi connectivity index (χ4n) is 2.90. The molecular formula is C23H17N3O5. The number of amides is 1. The zero-order valence-corrected chi connectivity index (χ0v) is 16.2. The summed E-state index contributed by atoms with van der Waals surface area (Å²) in [5.41, 5.74) is 4.54. The van der Waals surface area contributed by atoms with Crippen LogP contribution in [0.2, 0.25) is 0 Å². The number of non-ortho nitro benzene ring substituents is 1. The molecule has 0 atom stereocenters. The summed E-state index contributed by atoms with van der Waals surface area (Å²) in [6.45, 7) is 0.230. The fraction of sp³-hybridized carbons (Fsp3) is 0.0435. The summed E-state index contributed by atoms with van der Waals surface area (Å²) >= 11 is 0. The predicted molar refractivity (Wildman–Crippen MR) is 115 cm³/mol. The van der Waals surface area contributed by atoms with Gasteiger partial charge in [-0.15, -0.1) is 0 Å². The molecule has 31 heavy (non-hydrogen) atoms. The number of furan rings is 1. The first-order valence-electron chi connectivity index (χ1n) is 9.37. The van der Waals surface area contributed by atoms with Gasteiger partial charge in [-0.25, -0.2) is 5.43 Å². The number of fused-ring (bicyclic) bond motifs is 1. The largest absolute Gasteiger partial charge is 0.488 e. The summed E-state index contributed by atoms with van der Waals surface area (Å²) in [7, 11) is 0. The Morgan fingerprint density at radius 2 is 1.81 bits per heavy atom. The van der Waals surface area contributed by atoms with E-state index >= 15 is 0 Å². The van der Waals surface area contributed by atoms with Crippen molar-refractivity contribution in [3.8, 4) is 5.75 Å². The van der Waals surface area contributed by atoms with Crippen molar-refractivity contribution >= 4 is 28.8 Å². The first-order valence-corrected chi connectivity index (χ1v) is 9.37. The molecule has 1 heterocycles. The third-order valence-corrected chi connectivity index (χ3v) is 4.48. The molecule has 0 saturated carbocycles. The van der Waals surface area contributed by atoms with Crippen LogP contribution in [0.4, 0.5) is 5.69 Å². The van der Waals surface area contributed by atoms with Gasteiger partial charge in [0.25, 0.3) is 5.69 Å². The van der Waals surface area contributed by atoms with Gasteiger partial charge in [-0.05, 0) is 42.0 Å². The van der Waals surface area contributed by atoms with Crippen molar-refractivity contribution in [3.05, 3.63) is 106 Å². The standard InChI is InChI=1S/C23H17N3O5/c27-23(22-13-17-5-1-4-8-21(17)31-22)25-24-14-18-6-2-3-7-20(18)30-15-16-9-11-19(12-10-16)26(28)29/h1-14H,15H2,(H,25,27)/b24-14+. The summed E-state index contributed by atoms with van der Waals surface area (Å²) < 4.78 is 11.3. The minimum atomic E-state index is -0.461. The Labute approximate surface area is 176 Å². The van der Waals surface area contributed by atoms with Crippen LogP contribution in [0.3, 0.4) is 0 Å². The van der Waals surface area contributed by atoms with Crippen molar-refractivity contribution < 1.29 is 18.9 Å². The molecule has 1 amide bonds. The van der Waals surface area contributed by atoms with Crippen molar-refractivity contribution in [2.75, 3.05) is 0 Å². The average molecular weight is 415 g/mol. The second kappa shape index (κ2) is 8.91. The number of rotatable bonds is 7. The highest BCUT2D eigenvalue weighted by Gasteiger charge is 2.11. The minimum absolute atomic E-state index is 0.0245.